The minimum atomic E-state index is 0. The molecule has 96 valence electrons. The van der Waals surface area contributed by atoms with Gasteiger partial charge < -0.3 is 15.2 Å². The van der Waals surface area contributed by atoms with Gasteiger partial charge in [0.1, 0.15) is 5.75 Å². The van der Waals surface area contributed by atoms with Gasteiger partial charge in [-0.15, -0.1) is 12.4 Å². The highest BCUT2D eigenvalue weighted by Crippen LogP contribution is 2.28. The van der Waals surface area contributed by atoms with Crippen molar-refractivity contribution in [3.8, 4) is 5.75 Å². The molecule has 0 aliphatic heterocycles. The molecule has 1 aromatic rings. The van der Waals surface area contributed by atoms with Crippen LogP contribution >= 0.6 is 12.4 Å². The van der Waals surface area contributed by atoms with Crippen molar-refractivity contribution in [2.75, 3.05) is 19.8 Å². The molecule has 0 bridgehead atoms. The van der Waals surface area contributed by atoms with Gasteiger partial charge in [-0.3, -0.25) is 0 Å². The van der Waals surface area contributed by atoms with Crippen molar-refractivity contribution in [2.24, 2.45) is 5.92 Å². The van der Waals surface area contributed by atoms with Crippen molar-refractivity contribution in [3.63, 3.8) is 0 Å². The number of hydrogen-bond donors (Lipinski definition) is 2. The van der Waals surface area contributed by atoms with E-state index >= 15 is 0 Å². The summed E-state index contributed by atoms with van der Waals surface area (Å²) in [4.78, 5) is 0. The molecule has 1 fully saturated rings. The van der Waals surface area contributed by atoms with Crippen LogP contribution in [0.15, 0.2) is 24.3 Å². The summed E-state index contributed by atoms with van der Waals surface area (Å²) in [7, 11) is 0. The number of benzene rings is 1. The molecular formula is C13H20ClNO2. The monoisotopic (exact) mass is 257 g/mol. The standard InChI is InChI=1S/C13H19NO2.ClH/c15-13-4-2-1-3-12(13)9-14-7-8-16-10-11-5-6-11;/h1-4,11,14-15H,5-10H2;1H. The van der Waals surface area contributed by atoms with Gasteiger partial charge in [0.2, 0.25) is 0 Å². The molecule has 1 aliphatic rings. The van der Waals surface area contributed by atoms with Crippen LogP contribution in [0.3, 0.4) is 0 Å². The average Bonchev–Trinajstić information content (AvgIpc) is 3.09. The number of aromatic hydroxyl groups is 1. The van der Waals surface area contributed by atoms with Crippen LogP contribution < -0.4 is 5.32 Å². The molecule has 0 saturated heterocycles. The van der Waals surface area contributed by atoms with Gasteiger partial charge in [-0.1, -0.05) is 18.2 Å². The maximum atomic E-state index is 9.52. The van der Waals surface area contributed by atoms with Gasteiger partial charge in [-0.2, -0.15) is 0 Å². The first-order valence-electron chi connectivity index (χ1n) is 5.91. The second kappa shape index (κ2) is 7.54. The Morgan fingerprint density at radius 1 is 1.29 bits per heavy atom. The van der Waals surface area contributed by atoms with E-state index in [0.29, 0.717) is 12.3 Å². The van der Waals surface area contributed by atoms with Crippen LogP contribution in [-0.2, 0) is 11.3 Å². The predicted octanol–water partition coefficient (Wildman–Crippen LogP) is 2.33. The fraction of sp³-hybridized carbons (Fsp3) is 0.538. The first kappa shape index (κ1) is 14.3. The van der Waals surface area contributed by atoms with Gasteiger partial charge in [-0.05, 0) is 24.8 Å². The molecule has 0 amide bonds. The summed E-state index contributed by atoms with van der Waals surface area (Å²) < 4.78 is 5.50. The third-order valence-corrected chi connectivity index (χ3v) is 2.78. The van der Waals surface area contributed by atoms with Crippen LogP contribution in [-0.4, -0.2) is 24.9 Å². The quantitative estimate of drug-likeness (QED) is 0.737. The van der Waals surface area contributed by atoms with E-state index in [9.17, 15) is 5.11 Å². The molecule has 0 unspecified atom stereocenters. The van der Waals surface area contributed by atoms with E-state index in [-0.39, 0.29) is 12.4 Å². The zero-order valence-electron chi connectivity index (χ0n) is 9.89. The average molecular weight is 258 g/mol. The minimum Gasteiger partial charge on any atom is -0.508 e. The summed E-state index contributed by atoms with van der Waals surface area (Å²) in [5.41, 5.74) is 0.935. The fourth-order valence-corrected chi connectivity index (χ4v) is 1.56. The maximum absolute atomic E-state index is 9.52. The van der Waals surface area contributed by atoms with E-state index < -0.39 is 0 Å². The molecule has 2 N–H and O–H groups in total. The van der Waals surface area contributed by atoms with Crippen LogP contribution in [0.5, 0.6) is 5.75 Å². The molecule has 0 atom stereocenters. The number of hydrogen-bond acceptors (Lipinski definition) is 3. The second-order valence-corrected chi connectivity index (χ2v) is 4.32. The molecule has 3 nitrogen and oxygen atoms in total. The number of nitrogens with one attached hydrogen (secondary N) is 1. The Morgan fingerprint density at radius 3 is 2.76 bits per heavy atom. The normalized spacial score (nSPS) is 14.4. The number of phenolic OH excluding ortho intramolecular Hbond substituents is 1. The molecular weight excluding hydrogens is 238 g/mol. The van der Waals surface area contributed by atoms with E-state index in [4.69, 9.17) is 4.74 Å². The zero-order valence-corrected chi connectivity index (χ0v) is 10.7. The van der Waals surface area contributed by atoms with Crippen molar-refractivity contribution >= 4 is 12.4 Å². The van der Waals surface area contributed by atoms with E-state index in [1.165, 1.54) is 12.8 Å². The maximum Gasteiger partial charge on any atom is 0.120 e. The lowest BCUT2D eigenvalue weighted by Gasteiger charge is -2.07. The van der Waals surface area contributed by atoms with Crippen LogP contribution in [0, 0.1) is 5.92 Å². The number of phenols is 1. The lowest BCUT2D eigenvalue weighted by Crippen LogP contribution is -2.19. The van der Waals surface area contributed by atoms with Crippen LogP contribution in [0.1, 0.15) is 18.4 Å². The second-order valence-electron chi connectivity index (χ2n) is 4.32. The zero-order chi connectivity index (χ0) is 11.2. The summed E-state index contributed by atoms with van der Waals surface area (Å²) in [6, 6.07) is 7.39. The Hall–Kier alpha value is -0.770. The Kier molecular flexibility index (Phi) is 6.34. The fourth-order valence-electron chi connectivity index (χ4n) is 1.56. The Morgan fingerprint density at radius 2 is 2.06 bits per heavy atom. The molecule has 4 heteroatoms. The van der Waals surface area contributed by atoms with Crippen LogP contribution in [0.2, 0.25) is 0 Å². The van der Waals surface area contributed by atoms with E-state index in [1.807, 2.05) is 18.2 Å². The third kappa shape index (κ3) is 5.39. The predicted molar refractivity (Wildman–Crippen MR) is 70.6 cm³/mol. The Bertz CT molecular complexity index is 329. The molecule has 2 rings (SSSR count). The molecule has 1 aromatic carbocycles. The highest BCUT2D eigenvalue weighted by molar-refractivity contribution is 5.85. The summed E-state index contributed by atoms with van der Waals surface area (Å²) in [5.74, 6) is 1.19. The van der Waals surface area contributed by atoms with Crippen molar-refractivity contribution in [1.82, 2.24) is 5.32 Å². The molecule has 0 heterocycles. The van der Waals surface area contributed by atoms with Crippen molar-refractivity contribution in [3.05, 3.63) is 29.8 Å². The van der Waals surface area contributed by atoms with E-state index in [0.717, 1.165) is 31.2 Å². The first-order valence-corrected chi connectivity index (χ1v) is 5.91. The van der Waals surface area contributed by atoms with Gasteiger partial charge in [0.25, 0.3) is 0 Å². The molecule has 0 radical (unpaired) electrons. The van der Waals surface area contributed by atoms with E-state index in [1.54, 1.807) is 6.07 Å². The smallest absolute Gasteiger partial charge is 0.120 e. The molecule has 17 heavy (non-hydrogen) atoms. The number of rotatable bonds is 7. The van der Waals surface area contributed by atoms with Gasteiger partial charge in [0.05, 0.1) is 6.61 Å². The van der Waals surface area contributed by atoms with Gasteiger partial charge in [0, 0.05) is 25.3 Å². The van der Waals surface area contributed by atoms with Crippen molar-refractivity contribution < 1.29 is 9.84 Å². The minimum absolute atomic E-state index is 0. The first-order chi connectivity index (χ1) is 7.86. The summed E-state index contributed by atoms with van der Waals surface area (Å²) >= 11 is 0. The third-order valence-electron chi connectivity index (χ3n) is 2.78. The largest absolute Gasteiger partial charge is 0.508 e. The van der Waals surface area contributed by atoms with Gasteiger partial charge in [-0.25, -0.2) is 0 Å². The van der Waals surface area contributed by atoms with Crippen molar-refractivity contribution in [2.45, 2.75) is 19.4 Å². The van der Waals surface area contributed by atoms with Crippen molar-refractivity contribution in [1.29, 1.82) is 0 Å². The van der Waals surface area contributed by atoms with E-state index in [2.05, 4.69) is 5.32 Å². The topological polar surface area (TPSA) is 41.5 Å². The number of ether oxygens (including phenoxy) is 1. The molecule has 1 aliphatic carbocycles. The van der Waals surface area contributed by atoms with Gasteiger partial charge >= 0.3 is 0 Å². The van der Waals surface area contributed by atoms with Crippen LogP contribution in [0.25, 0.3) is 0 Å². The highest BCUT2D eigenvalue weighted by Gasteiger charge is 2.20. The lowest BCUT2D eigenvalue weighted by atomic mass is 10.2. The van der Waals surface area contributed by atoms with Gasteiger partial charge in [0.15, 0.2) is 0 Å². The molecule has 0 spiro atoms. The molecule has 1 saturated carbocycles. The Balaban J connectivity index is 0.00000144. The Labute approximate surface area is 109 Å². The van der Waals surface area contributed by atoms with Crippen LogP contribution in [0.4, 0.5) is 0 Å². The molecule has 0 aromatic heterocycles. The summed E-state index contributed by atoms with van der Waals surface area (Å²) in [6.45, 7) is 3.20. The number of halogens is 1. The summed E-state index contributed by atoms with van der Waals surface area (Å²) in [5, 5.41) is 12.8. The lowest BCUT2D eigenvalue weighted by molar-refractivity contribution is 0.126. The highest BCUT2D eigenvalue weighted by atomic mass is 35.5. The number of para-hydroxylation sites is 1. The SMILES string of the molecule is Cl.Oc1ccccc1CNCCOCC1CC1. The summed E-state index contributed by atoms with van der Waals surface area (Å²) in [6.07, 6.45) is 2.68.